The third-order valence-electron chi connectivity index (χ3n) is 3.09. The number of ether oxygens (including phenoxy) is 4. The summed E-state index contributed by atoms with van der Waals surface area (Å²) in [5.41, 5.74) is -0.0200. The second-order valence-corrected chi connectivity index (χ2v) is 4.70. The zero-order chi connectivity index (χ0) is 16.7. The molecule has 0 saturated carbocycles. The lowest BCUT2D eigenvalue weighted by Gasteiger charge is -2.14. The molecule has 0 amide bonds. The van der Waals surface area contributed by atoms with Gasteiger partial charge in [0, 0.05) is 25.8 Å². The Balaban J connectivity index is 2.33. The van der Waals surface area contributed by atoms with Gasteiger partial charge >= 0.3 is 5.97 Å². The monoisotopic (exact) mass is 321 g/mol. The van der Waals surface area contributed by atoms with Gasteiger partial charge in [-0.1, -0.05) is 0 Å². The van der Waals surface area contributed by atoms with Crippen molar-refractivity contribution in [2.45, 2.75) is 0 Å². The summed E-state index contributed by atoms with van der Waals surface area (Å²) >= 11 is 0. The maximum absolute atomic E-state index is 11.0. The number of aromatic carboxylic acids is 1. The summed E-state index contributed by atoms with van der Waals surface area (Å²) in [7, 11) is 3.18. The molecule has 0 aliphatic heterocycles. The van der Waals surface area contributed by atoms with Crippen molar-refractivity contribution in [1.82, 2.24) is 4.98 Å². The van der Waals surface area contributed by atoms with E-state index in [-0.39, 0.29) is 5.69 Å². The summed E-state index contributed by atoms with van der Waals surface area (Å²) in [6, 6.07) is 5.01. The summed E-state index contributed by atoms with van der Waals surface area (Å²) < 4.78 is 21.3. The number of nitrogens with zero attached hydrogens (tertiary/aromatic N) is 1. The van der Waals surface area contributed by atoms with E-state index < -0.39 is 5.97 Å². The van der Waals surface area contributed by atoms with Crippen LogP contribution in [-0.2, 0) is 9.47 Å². The Morgan fingerprint density at radius 3 is 2.04 bits per heavy atom. The van der Waals surface area contributed by atoms with E-state index in [0.29, 0.717) is 43.3 Å². The van der Waals surface area contributed by atoms with Gasteiger partial charge in [0.05, 0.1) is 13.2 Å². The molecule has 2 aromatic rings. The molecule has 23 heavy (non-hydrogen) atoms. The molecule has 1 heterocycles. The maximum Gasteiger partial charge on any atom is 0.354 e. The van der Waals surface area contributed by atoms with Crippen molar-refractivity contribution in [3.63, 3.8) is 0 Å². The van der Waals surface area contributed by atoms with E-state index in [2.05, 4.69) is 4.98 Å². The fourth-order valence-electron chi connectivity index (χ4n) is 1.96. The fraction of sp³-hybridized carbons (Fsp3) is 0.375. The Hall–Kier alpha value is -2.38. The van der Waals surface area contributed by atoms with Crippen molar-refractivity contribution in [1.29, 1.82) is 0 Å². The van der Waals surface area contributed by atoms with Crippen LogP contribution < -0.4 is 9.47 Å². The second kappa shape index (κ2) is 8.30. The topological polar surface area (TPSA) is 87.1 Å². The minimum Gasteiger partial charge on any atom is -0.487 e. The molecule has 7 nitrogen and oxygen atoms in total. The third kappa shape index (κ3) is 4.54. The average molecular weight is 321 g/mol. The number of benzene rings is 1. The van der Waals surface area contributed by atoms with E-state index in [9.17, 15) is 4.79 Å². The summed E-state index contributed by atoms with van der Waals surface area (Å²) in [5, 5.41) is 10.5. The minimum atomic E-state index is -1.07. The van der Waals surface area contributed by atoms with E-state index in [1.165, 1.54) is 12.3 Å². The number of rotatable bonds is 9. The smallest absolute Gasteiger partial charge is 0.354 e. The first-order chi connectivity index (χ1) is 11.2. The predicted molar refractivity (Wildman–Crippen MR) is 83.4 cm³/mol. The number of aromatic nitrogens is 1. The molecule has 0 spiro atoms. The number of hydrogen-bond acceptors (Lipinski definition) is 6. The van der Waals surface area contributed by atoms with Crippen molar-refractivity contribution in [2.24, 2.45) is 0 Å². The zero-order valence-corrected chi connectivity index (χ0v) is 13.1. The molecule has 0 radical (unpaired) electrons. The first-order valence-electron chi connectivity index (χ1n) is 7.06. The Morgan fingerprint density at radius 1 is 0.957 bits per heavy atom. The highest BCUT2D eigenvalue weighted by Crippen LogP contribution is 2.32. The molecule has 0 bridgehead atoms. The molecule has 2 rings (SSSR count). The molecule has 0 aliphatic rings. The molecule has 1 aromatic carbocycles. The van der Waals surface area contributed by atoms with Crippen LogP contribution in [0.4, 0.5) is 0 Å². The van der Waals surface area contributed by atoms with Gasteiger partial charge in [0.2, 0.25) is 0 Å². The molecule has 0 fully saturated rings. The second-order valence-electron chi connectivity index (χ2n) is 4.70. The molecule has 0 atom stereocenters. The number of fused-ring (bicyclic) bond motifs is 1. The van der Waals surface area contributed by atoms with Gasteiger partial charge in [-0.05, 0) is 23.6 Å². The van der Waals surface area contributed by atoms with Crippen molar-refractivity contribution in [3.05, 3.63) is 30.1 Å². The molecule has 0 saturated heterocycles. The Labute approximate surface area is 133 Å². The highest BCUT2D eigenvalue weighted by molar-refractivity contribution is 5.93. The van der Waals surface area contributed by atoms with E-state index in [1.54, 1.807) is 26.4 Å². The van der Waals surface area contributed by atoms with E-state index in [0.717, 1.165) is 5.39 Å². The largest absolute Gasteiger partial charge is 0.487 e. The van der Waals surface area contributed by atoms with Crippen molar-refractivity contribution < 1.29 is 28.8 Å². The molecular weight excluding hydrogens is 302 g/mol. The number of hydrogen-bond donors (Lipinski definition) is 1. The predicted octanol–water partition coefficient (Wildman–Crippen LogP) is 1.98. The quantitative estimate of drug-likeness (QED) is 0.707. The molecule has 0 aliphatic carbocycles. The number of pyridine rings is 1. The van der Waals surface area contributed by atoms with Gasteiger partial charge in [-0.2, -0.15) is 0 Å². The van der Waals surface area contributed by atoms with Gasteiger partial charge in [0.15, 0.2) is 11.5 Å². The van der Waals surface area contributed by atoms with E-state index in [4.69, 9.17) is 24.1 Å². The third-order valence-corrected chi connectivity index (χ3v) is 3.09. The molecule has 7 heteroatoms. The van der Waals surface area contributed by atoms with Crippen LogP contribution in [0.1, 0.15) is 10.5 Å². The maximum atomic E-state index is 11.0. The molecule has 1 aromatic heterocycles. The van der Waals surface area contributed by atoms with E-state index in [1.807, 2.05) is 0 Å². The van der Waals surface area contributed by atoms with Gasteiger partial charge in [-0.3, -0.25) is 0 Å². The number of carboxylic acid groups (broad SMARTS) is 1. The van der Waals surface area contributed by atoms with Gasteiger partial charge in [-0.15, -0.1) is 0 Å². The first kappa shape index (κ1) is 17.0. The number of methoxy groups -OCH3 is 2. The van der Waals surface area contributed by atoms with Gasteiger partial charge in [0.1, 0.15) is 18.9 Å². The van der Waals surface area contributed by atoms with Gasteiger partial charge in [-0.25, -0.2) is 9.78 Å². The Morgan fingerprint density at radius 2 is 1.52 bits per heavy atom. The number of carboxylic acids is 1. The lowest BCUT2D eigenvalue weighted by molar-refractivity contribution is 0.0690. The Kier molecular flexibility index (Phi) is 6.13. The van der Waals surface area contributed by atoms with Crippen LogP contribution in [0.3, 0.4) is 0 Å². The van der Waals surface area contributed by atoms with E-state index >= 15 is 0 Å². The lowest BCUT2D eigenvalue weighted by atomic mass is 10.1. The van der Waals surface area contributed by atoms with Crippen LogP contribution in [0, 0.1) is 0 Å². The fourth-order valence-corrected chi connectivity index (χ4v) is 1.96. The van der Waals surface area contributed by atoms with Crippen LogP contribution in [0.5, 0.6) is 11.5 Å². The van der Waals surface area contributed by atoms with Crippen LogP contribution in [0.15, 0.2) is 24.4 Å². The van der Waals surface area contributed by atoms with Crippen molar-refractivity contribution >= 4 is 16.7 Å². The number of carbonyl (C=O) groups is 1. The van der Waals surface area contributed by atoms with Gasteiger partial charge < -0.3 is 24.1 Å². The van der Waals surface area contributed by atoms with Crippen LogP contribution in [0.25, 0.3) is 10.8 Å². The van der Waals surface area contributed by atoms with Gasteiger partial charge in [0.25, 0.3) is 0 Å². The standard InChI is InChI=1S/C16H19NO6/c1-20-3-5-22-14-8-11-7-13(16(18)19)17-10-12(11)9-15(14)23-6-4-21-2/h7-10H,3-6H2,1-2H3,(H,18,19). The van der Waals surface area contributed by atoms with Crippen molar-refractivity contribution in [3.8, 4) is 11.5 Å². The lowest BCUT2D eigenvalue weighted by Crippen LogP contribution is -2.08. The SMILES string of the molecule is COCCOc1cc2cnc(C(=O)O)cc2cc1OCCOC. The van der Waals surface area contributed by atoms with Crippen molar-refractivity contribution in [2.75, 3.05) is 40.6 Å². The molecule has 0 unspecified atom stereocenters. The highest BCUT2D eigenvalue weighted by atomic mass is 16.5. The van der Waals surface area contributed by atoms with Crippen LogP contribution >= 0.6 is 0 Å². The molecular formula is C16H19NO6. The molecule has 124 valence electrons. The minimum absolute atomic E-state index is 0.0200. The summed E-state index contributed by atoms with van der Waals surface area (Å²) in [6.07, 6.45) is 1.50. The summed E-state index contributed by atoms with van der Waals surface area (Å²) in [4.78, 5) is 14.9. The summed E-state index contributed by atoms with van der Waals surface area (Å²) in [5.74, 6) is -0.00195. The average Bonchev–Trinajstić information content (AvgIpc) is 2.55. The van der Waals surface area contributed by atoms with Crippen LogP contribution in [0.2, 0.25) is 0 Å². The molecule has 1 N–H and O–H groups in total. The normalized spacial score (nSPS) is 10.7. The highest BCUT2D eigenvalue weighted by Gasteiger charge is 2.11. The van der Waals surface area contributed by atoms with Crippen LogP contribution in [-0.4, -0.2) is 56.7 Å². The zero-order valence-electron chi connectivity index (χ0n) is 13.1. The first-order valence-corrected chi connectivity index (χ1v) is 7.06. The Bertz CT molecular complexity index is 673. The summed E-state index contributed by atoms with van der Waals surface area (Å²) in [6.45, 7) is 1.63.